The maximum absolute atomic E-state index is 6.56. The molecule has 1 aromatic rings. The van der Waals surface area contributed by atoms with Crippen molar-refractivity contribution >= 4 is 27.5 Å². The van der Waals surface area contributed by atoms with E-state index < -0.39 is 0 Å². The second kappa shape index (κ2) is 9.02. The molecule has 1 rings (SSSR count). The number of alkyl halides is 1. The maximum Gasteiger partial charge on any atom is 0.0587 e. The van der Waals surface area contributed by atoms with Crippen LogP contribution in [-0.4, -0.2) is 0 Å². The molecule has 108 valence electrons. The van der Waals surface area contributed by atoms with Gasteiger partial charge in [-0.25, -0.2) is 0 Å². The van der Waals surface area contributed by atoms with E-state index in [4.69, 9.17) is 11.6 Å². The molecule has 0 aliphatic rings. The number of benzene rings is 1. The fourth-order valence-corrected chi connectivity index (χ4v) is 3.25. The Morgan fingerprint density at radius 2 is 1.63 bits per heavy atom. The number of hydrogen-bond donors (Lipinski definition) is 0. The highest BCUT2D eigenvalue weighted by Crippen LogP contribution is 2.32. The summed E-state index contributed by atoms with van der Waals surface area (Å²) in [5.41, 5.74) is 3.87. The fourth-order valence-electron chi connectivity index (χ4n) is 2.40. The van der Waals surface area contributed by atoms with Gasteiger partial charge < -0.3 is 0 Å². The van der Waals surface area contributed by atoms with Gasteiger partial charge in [0.2, 0.25) is 0 Å². The van der Waals surface area contributed by atoms with E-state index >= 15 is 0 Å². The lowest BCUT2D eigenvalue weighted by atomic mass is 9.99. The molecule has 0 N–H and O–H groups in total. The van der Waals surface area contributed by atoms with Crippen molar-refractivity contribution in [2.24, 2.45) is 0 Å². The van der Waals surface area contributed by atoms with Crippen molar-refractivity contribution < 1.29 is 0 Å². The van der Waals surface area contributed by atoms with Crippen LogP contribution in [0.2, 0.25) is 0 Å². The first-order valence-electron chi connectivity index (χ1n) is 7.47. The van der Waals surface area contributed by atoms with Gasteiger partial charge in [-0.1, -0.05) is 67.4 Å². The van der Waals surface area contributed by atoms with Crippen LogP contribution in [0.3, 0.4) is 0 Å². The van der Waals surface area contributed by atoms with Gasteiger partial charge >= 0.3 is 0 Å². The van der Waals surface area contributed by atoms with Gasteiger partial charge in [-0.05, 0) is 43.0 Å². The number of halogens is 2. The smallest absolute Gasteiger partial charge is 0.0587 e. The molecule has 0 aliphatic heterocycles. The van der Waals surface area contributed by atoms with E-state index in [-0.39, 0.29) is 5.38 Å². The summed E-state index contributed by atoms with van der Waals surface area (Å²) < 4.78 is 1.18. The number of unbranched alkanes of at least 4 members (excludes halogenated alkanes) is 5. The van der Waals surface area contributed by atoms with E-state index in [1.165, 1.54) is 59.7 Å². The molecule has 0 bridgehead atoms. The van der Waals surface area contributed by atoms with Crippen molar-refractivity contribution in [3.05, 3.63) is 33.3 Å². The zero-order valence-corrected chi connectivity index (χ0v) is 14.8. The Labute approximate surface area is 132 Å². The first-order chi connectivity index (χ1) is 9.06. The van der Waals surface area contributed by atoms with E-state index in [1.807, 2.05) is 0 Å². The molecule has 1 unspecified atom stereocenters. The van der Waals surface area contributed by atoms with Gasteiger partial charge in [-0.3, -0.25) is 0 Å². The highest BCUT2D eigenvalue weighted by molar-refractivity contribution is 9.10. The Morgan fingerprint density at radius 3 is 2.32 bits per heavy atom. The summed E-state index contributed by atoms with van der Waals surface area (Å²) in [6.07, 6.45) is 9.07. The molecule has 0 spiro atoms. The summed E-state index contributed by atoms with van der Waals surface area (Å²) in [5, 5.41) is 0.165. The van der Waals surface area contributed by atoms with Crippen LogP contribution >= 0.6 is 27.5 Å². The van der Waals surface area contributed by atoms with E-state index in [9.17, 15) is 0 Å². The van der Waals surface area contributed by atoms with Crippen molar-refractivity contribution in [3.8, 4) is 0 Å². The molecular weight excluding hydrogens is 320 g/mol. The number of rotatable bonds is 8. The van der Waals surface area contributed by atoms with Crippen molar-refractivity contribution in [3.63, 3.8) is 0 Å². The molecule has 1 atom stereocenters. The topological polar surface area (TPSA) is 0 Å². The van der Waals surface area contributed by atoms with Crippen molar-refractivity contribution in [2.75, 3.05) is 0 Å². The van der Waals surface area contributed by atoms with Gasteiger partial charge in [0, 0.05) is 4.47 Å². The molecule has 1 aromatic carbocycles. The van der Waals surface area contributed by atoms with Gasteiger partial charge in [0.25, 0.3) is 0 Å². The minimum atomic E-state index is 0.165. The first-order valence-corrected chi connectivity index (χ1v) is 8.70. The third-order valence-electron chi connectivity index (χ3n) is 3.70. The predicted molar refractivity (Wildman–Crippen MR) is 90.2 cm³/mol. The average Bonchev–Trinajstić information content (AvgIpc) is 2.37. The molecule has 0 aromatic heterocycles. The lowest BCUT2D eigenvalue weighted by molar-refractivity contribution is 0.584. The molecule has 2 heteroatoms. The van der Waals surface area contributed by atoms with Crippen LogP contribution in [0.5, 0.6) is 0 Å². The van der Waals surface area contributed by atoms with Crippen LogP contribution in [0.1, 0.15) is 73.9 Å². The third kappa shape index (κ3) is 5.87. The van der Waals surface area contributed by atoms with Crippen molar-refractivity contribution in [2.45, 2.75) is 71.1 Å². The molecule has 0 radical (unpaired) electrons. The molecule has 0 heterocycles. The normalized spacial score (nSPS) is 12.7. The monoisotopic (exact) mass is 344 g/mol. The minimum absolute atomic E-state index is 0.165. The molecule has 0 saturated carbocycles. The second-order valence-corrected chi connectivity index (χ2v) is 6.86. The quantitative estimate of drug-likeness (QED) is 0.348. The van der Waals surface area contributed by atoms with Gasteiger partial charge in [-0.2, -0.15) is 0 Å². The SMILES string of the molecule is CCCCCCCCC(Cl)c1cc(C)c(Br)cc1C. The van der Waals surface area contributed by atoms with E-state index in [1.54, 1.807) is 0 Å². The average molecular weight is 346 g/mol. The van der Waals surface area contributed by atoms with Gasteiger partial charge in [0.15, 0.2) is 0 Å². The molecule has 19 heavy (non-hydrogen) atoms. The Morgan fingerprint density at radius 1 is 1.00 bits per heavy atom. The largest absolute Gasteiger partial charge is 0.118 e. The molecule has 0 fully saturated rings. The summed E-state index contributed by atoms with van der Waals surface area (Å²) in [6, 6.07) is 4.41. The van der Waals surface area contributed by atoms with E-state index in [0.29, 0.717) is 0 Å². The summed E-state index contributed by atoms with van der Waals surface area (Å²) in [4.78, 5) is 0. The lowest BCUT2D eigenvalue weighted by Gasteiger charge is -2.14. The van der Waals surface area contributed by atoms with Gasteiger partial charge in [0.1, 0.15) is 0 Å². The fraction of sp³-hybridized carbons (Fsp3) is 0.647. The van der Waals surface area contributed by atoms with Crippen LogP contribution in [0, 0.1) is 13.8 Å². The number of aryl methyl sites for hydroxylation is 2. The summed E-state index contributed by atoms with van der Waals surface area (Å²) in [7, 11) is 0. The molecule has 0 amide bonds. The summed E-state index contributed by atoms with van der Waals surface area (Å²) in [6.45, 7) is 6.53. The summed E-state index contributed by atoms with van der Waals surface area (Å²) in [5.74, 6) is 0. The second-order valence-electron chi connectivity index (χ2n) is 5.48. The molecule has 0 nitrogen and oxygen atoms in total. The molecule has 0 saturated heterocycles. The van der Waals surface area contributed by atoms with Crippen LogP contribution < -0.4 is 0 Å². The van der Waals surface area contributed by atoms with E-state index in [2.05, 4.69) is 48.8 Å². The minimum Gasteiger partial charge on any atom is -0.118 e. The van der Waals surface area contributed by atoms with Crippen molar-refractivity contribution in [1.82, 2.24) is 0 Å². The molecular formula is C17H26BrCl. The summed E-state index contributed by atoms with van der Waals surface area (Å²) >= 11 is 10.1. The Bertz CT molecular complexity index is 387. The lowest BCUT2D eigenvalue weighted by Crippen LogP contribution is -1.96. The van der Waals surface area contributed by atoms with Crippen molar-refractivity contribution in [1.29, 1.82) is 0 Å². The zero-order chi connectivity index (χ0) is 14.3. The third-order valence-corrected chi connectivity index (χ3v) is 5.00. The van der Waals surface area contributed by atoms with Crippen LogP contribution in [0.15, 0.2) is 16.6 Å². The first kappa shape index (κ1) is 17.0. The number of hydrogen-bond acceptors (Lipinski definition) is 0. The van der Waals surface area contributed by atoms with Crippen LogP contribution in [-0.2, 0) is 0 Å². The van der Waals surface area contributed by atoms with E-state index in [0.717, 1.165) is 6.42 Å². The van der Waals surface area contributed by atoms with Crippen LogP contribution in [0.4, 0.5) is 0 Å². The maximum atomic E-state index is 6.56. The Hall–Kier alpha value is -0.0100. The Kier molecular flexibility index (Phi) is 8.09. The predicted octanol–water partition coefficient (Wildman–Crippen LogP) is 7.10. The zero-order valence-electron chi connectivity index (χ0n) is 12.4. The van der Waals surface area contributed by atoms with Gasteiger partial charge in [0.05, 0.1) is 5.38 Å². The Balaban J connectivity index is 2.41. The van der Waals surface area contributed by atoms with Crippen LogP contribution in [0.25, 0.3) is 0 Å². The highest BCUT2D eigenvalue weighted by atomic mass is 79.9. The molecule has 0 aliphatic carbocycles. The highest BCUT2D eigenvalue weighted by Gasteiger charge is 2.12. The van der Waals surface area contributed by atoms with Gasteiger partial charge in [-0.15, -0.1) is 11.6 Å². The standard InChI is InChI=1S/C17H26BrCl/c1-4-5-6-7-8-9-10-17(19)15-11-14(3)16(18)12-13(15)2/h11-12,17H,4-10H2,1-3H3.